The van der Waals surface area contributed by atoms with Crippen molar-refractivity contribution in [2.24, 2.45) is 0 Å². The molecule has 1 heterocycles. The standard InChI is InChI=1S/C23H14ClFO4/c24-21(15-4-2-1-3-5-15)23(27)28-17-10-11-18-19(13-17)29-20(22(18)26)12-14-6-8-16(25)9-7-14/h1-13,21H/b20-12-. The number of benzene rings is 3. The first-order valence-corrected chi connectivity index (χ1v) is 9.19. The van der Waals surface area contributed by atoms with Crippen LogP contribution in [-0.2, 0) is 4.79 Å². The summed E-state index contributed by atoms with van der Waals surface area (Å²) >= 11 is 6.18. The van der Waals surface area contributed by atoms with Gasteiger partial charge in [-0.15, -0.1) is 11.6 Å². The second kappa shape index (κ2) is 7.89. The highest BCUT2D eigenvalue weighted by molar-refractivity contribution is 6.30. The second-order valence-corrected chi connectivity index (χ2v) is 6.78. The molecule has 0 aliphatic carbocycles. The molecule has 1 atom stereocenters. The van der Waals surface area contributed by atoms with Crippen LogP contribution < -0.4 is 9.47 Å². The Morgan fingerprint density at radius 3 is 2.48 bits per heavy atom. The van der Waals surface area contributed by atoms with Gasteiger partial charge in [0.2, 0.25) is 5.78 Å². The van der Waals surface area contributed by atoms with Gasteiger partial charge in [0.25, 0.3) is 0 Å². The van der Waals surface area contributed by atoms with Crippen molar-refractivity contribution in [2.75, 3.05) is 0 Å². The number of hydrogen-bond donors (Lipinski definition) is 0. The molecule has 4 nitrogen and oxygen atoms in total. The first-order chi connectivity index (χ1) is 14.0. The molecular formula is C23H14ClFO4. The smallest absolute Gasteiger partial charge is 0.334 e. The molecule has 0 amide bonds. The van der Waals surface area contributed by atoms with Crippen LogP contribution in [0, 0.1) is 5.82 Å². The fraction of sp³-hybridized carbons (Fsp3) is 0.0435. The number of halogens is 2. The number of carbonyl (C=O) groups excluding carboxylic acids is 2. The van der Waals surface area contributed by atoms with Crippen molar-refractivity contribution in [1.29, 1.82) is 0 Å². The molecule has 0 N–H and O–H groups in total. The molecular weight excluding hydrogens is 395 g/mol. The van der Waals surface area contributed by atoms with Crippen molar-refractivity contribution in [2.45, 2.75) is 5.38 Å². The number of rotatable bonds is 4. The van der Waals surface area contributed by atoms with Gasteiger partial charge in [-0.2, -0.15) is 0 Å². The number of ether oxygens (including phenoxy) is 2. The maximum atomic E-state index is 13.0. The van der Waals surface area contributed by atoms with Gasteiger partial charge in [-0.1, -0.05) is 42.5 Å². The molecule has 3 aromatic rings. The van der Waals surface area contributed by atoms with E-state index in [4.69, 9.17) is 21.1 Å². The summed E-state index contributed by atoms with van der Waals surface area (Å²) in [6, 6.07) is 19.0. The van der Waals surface area contributed by atoms with E-state index in [1.54, 1.807) is 36.4 Å². The lowest BCUT2D eigenvalue weighted by Crippen LogP contribution is -2.14. The van der Waals surface area contributed by atoms with E-state index in [2.05, 4.69) is 0 Å². The molecule has 29 heavy (non-hydrogen) atoms. The third-order valence-corrected chi connectivity index (χ3v) is 4.76. The Labute approximate surface area is 171 Å². The quantitative estimate of drug-likeness (QED) is 0.253. The SMILES string of the molecule is O=C1/C(=C/c2ccc(F)cc2)Oc2cc(OC(=O)C(Cl)c3ccccc3)ccc21. The molecule has 0 radical (unpaired) electrons. The number of esters is 1. The molecule has 1 aliphatic rings. The van der Waals surface area contributed by atoms with E-state index in [9.17, 15) is 14.0 Å². The minimum absolute atomic E-state index is 0.106. The molecule has 144 valence electrons. The van der Waals surface area contributed by atoms with E-state index in [1.165, 1.54) is 36.4 Å². The van der Waals surface area contributed by atoms with Crippen LogP contribution in [0.3, 0.4) is 0 Å². The molecule has 0 aromatic heterocycles. The van der Waals surface area contributed by atoms with Gasteiger partial charge in [0.1, 0.15) is 17.3 Å². The average molecular weight is 409 g/mol. The first kappa shape index (κ1) is 18.9. The van der Waals surface area contributed by atoms with Gasteiger partial charge in [0.05, 0.1) is 5.56 Å². The highest BCUT2D eigenvalue weighted by atomic mass is 35.5. The Morgan fingerprint density at radius 1 is 1.03 bits per heavy atom. The van der Waals surface area contributed by atoms with Crippen molar-refractivity contribution in [3.8, 4) is 11.5 Å². The van der Waals surface area contributed by atoms with Crippen LogP contribution in [-0.4, -0.2) is 11.8 Å². The van der Waals surface area contributed by atoms with Crippen molar-refractivity contribution in [3.05, 3.63) is 101 Å². The number of alkyl halides is 1. The summed E-state index contributed by atoms with van der Waals surface area (Å²) in [5.41, 5.74) is 1.60. The summed E-state index contributed by atoms with van der Waals surface area (Å²) in [7, 11) is 0. The fourth-order valence-electron chi connectivity index (χ4n) is 2.87. The summed E-state index contributed by atoms with van der Waals surface area (Å²) in [6.07, 6.45) is 1.53. The average Bonchev–Trinajstić information content (AvgIpc) is 3.04. The number of ketones is 1. The molecule has 0 saturated heterocycles. The number of hydrogen-bond acceptors (Lipinski definition) is 4. The highest BCUT2D eigenvalue weighted by Gasteiger charge is 2.28. The van der Waals surface area contributed by atoms with E-state index < -0.39 is 11.3 Å². The van der Waals surface area contributed by atoms with Crippen molar-refractivity contribution in [1.82, 2.24) is 0 Å². The summed E-state index contributed by atoms with van der Waals surface area (Å²) < 4.78 is 24.0. The molecule has 1 unspecified atom stereocenters. The van der Waals surface area contributed by atoms with Crippen LogP contribution in [0.1, 0.15) is 26.9 Å². The molecule has 0 saturated carbocycles. The van der Waals surface area contributed by atoms with Crippen molar-refractivity contribution in [3.63, 3.8) is 0 Å². The molecule has 6 heteroatoms. The second-order valence-electron chi connectivity index (χ2n) is 6.34. The Bertz CT molecular complexity index is 1110. The van der Waals surface area contributed by atoms with E-state index >= 15 is 0 Å². The van der Waals surface area contributed by atoms with Crippen molar-refractivity contribution < 1.29 is 23.5 Å². The number of Topliss-reactive ketones (excluding diaryl/α,β-unsaturated/α-hetero) is 1. The topological polar surface area (TPSA) is 52.6 Å². The number of fused-ring (bicyclic) bond motifs is 1. The number of carbonyl (C=O) groups is 2. The Morgan fingerprint density at radius 2 is 1.76 bits per heavy atom. The largest absolute Gasteiger partial charge is 0.452 e. The van der Waals surface area contributed by atoms with Crippen LogP contribution in [0.4, 0.5) is 4.39 Å². The molecule has 4 rings (SSSR count). The van der Waals surface area contributed by atoms with E-state index in [0.717, 1.165) is 0 Å². The van der Waals surface area contributed by atoms with Crippen LogP contribution in [0.5, 0.6) is 11.5 Å². The molecule has 1 aliphatic heterocycles. The molecule has 0 bridgehead atoms. The van der Waals surface area contributed by atoms with Crippen molar-refractivity contribution >= 4 is 29.4 Å². The van der Waals surface area contributed by atoms with E-state index in [-0.39, 0.29) is 28.9 Å². The minimum Gasteiger partial charge on any atom is -0.452 e. The third-order valence-electron chi connectivity index (χ3n) is 4.33. The molecule has 0 spiro atoms. The van der Waals surface area contributed by atoms with Gasteiger partial charge in [0.15, 0.2) is 11.1 Å². The lowest BCUT2D eigenvalue weighted by atomic mass is 10.1. The maximum Gasteiger partial charge on any atom is 0.334 e. The Hall–Kier alpha value is -3.44. The zero-order valence-corrected chi connectivity index (χ0v) is 15.7. The Balaban J connectivity index is 1.51. The summed E-state index contributed by atoms with van der Waals surface area (Å²) in [6.45, 7) is 0. The van der Waals surface area contributed by atoms with Crippen LogP contribution in [0.2, 0.25) is 0 Å². The van der Waals surface area contributed by atoms with Gasteiger partial charge >= 0.3 is 5.97 Å². The van der Waals surface area contributed by atoms with E-state index in [0.29, 0.717) is 16.7 Å². The normalized spacial score (nSPS) is 15.0. The minimum atomic E-state index is -0.957. The van der Waals surface area contributed by atoms with Gasteiger partial charge in [-0.3, -0.25) is 4.79 Å². The van der Waals surface area contributed by atoms with Crippen LogP contribution >= 0.6 is 11.6 Å². The highest BCUT2D eigenvalue weighted by Crippen LogP contribution is 2.35. The molecule has 0 fully saturated rings. The monoisotopic (exact) mass is 408 g/mol. The predicted octanol–water partition coefficient (Wildman–Crippen LogP) is 5.33. The first-order valence-electron chi connectivity index (χ1n) is 8.76. The summed E-state index contributed by atoms with van der Waals surface area (Å²) in [5.74, 6) is -0.708. The lowest BCUT2D eigenvalue weighted by Gasteiger charge is -2.10. The van der Waals surface area contributed by atoms with Gasteiger partial charge in [-0.05, 0) is 41.5 Å². The van der Waals surface area contributed by atoms with Gasteiger partial charge < -0.3 is 9.47 Å². The van der Waals surface area contributed by atoms with E-state index in [1.807, 2.05) is 6.07 Å². The predicted molar refractivity (Wildman–Crippen MR) is 106 cm³/mol. The third kappa shape index (κ3) is 4.05. The van der Waals surface area contributed by atoms with Gasteiger partial charge in [-0.25, -0.2) is 9.18 Å². The summed E-state index contributed by atoms with van der Waals surface area (Å²) in [4.78, 5) is 24.8. The fourth-order valence-corrected chi connectivity index (χ4v) is 3.06. The summed E-state index contributed by atoms with van der Waals surface area (Å²) in [5, 5.41) is -0.957. The number of allylic oxidation sites excluding steroid dienone is 1. The zero-order valence-electron chi connectivity index (χ0n) is 15.0. The Kier molecular flexibility index (Phi) is 5.14. The maximum absolute atomic E-state index is 13.0. The molecule has 3 aromatic carbocycles. The zero-order chi connectivity index (χ0) is 20.4. The van der Waals surface area contributed by atoms with Gasteiger partial charge in [0, 0.05) is 6.07 Å². The van der Waals surface area contributed by atoms with Crippen LogP contribution in [0.25, 0.3) is 6.08 Å². The lowest BCUT2D eigenvalue weighted by molar-refractivity contribution is -0.134. The van der Waals surface area contributed by atoms with Crippen LogP contribution in [0.15, 0.2) is 78.6 Å².